The highest BCUT2D eigenvalue weighted by Crippen LogP contribution is 2.36. The van der Waals surface area contributed by atoms with E-state index in [1.54, 1.807) is 18.2 Å². The minimum absolute atomic E-state index is 0.0691. The van der Waals surface area contributed by atoms with E-state index in [4.69, 9.17) is 11.6 Å². The van der Waals surface area contributed by atoms with Crippen LogP contribution in [-0.2, 0) is 0 Å². The highest BCUT2D eigenvalue weighted by atomic mass is 35.5. The first kappa shape index (κ1) is 18.2. The maximum atomic E-state index is 12.4. The molecule has 1 saturated heterocycles. The highest BCUT2D eigenvalue weighted by molar-refractivity contribution is 7.21. The Labute approximate surface area is 166 Å². The van der Waals surface area contributed by atoms with Gasteiger partial charge in [-0.05, 0) is 62.3 Å². The minimum Gasteiger partial charge on any atom is -0.507 e. The number of fused-ring (bicyclic) bond motifs is 1. The third-order valence-electron chi connectivity index (χ3n) is 4.75. The summed E-state index contributed by atoms with van der Waals surface area (Å²) in [7, 11) is 0. The molecule has 2 heterocycles. The standard InChI is InChI=1S/C20H20ClN3O2S/c21-14-4-5-15(17(25)12-14)20-23-16-6-3-13(11-18(16)27-20)19(26)22-7-10-24-8-1-2-9-24/h3-6,11-12,25H,1-2,7-10H2,(H,22,26). The summed E-state index contributed by atoms with van der Waals surface area (Å²) in [5.41, 5.74) is 2.06. The second kappa shape index (κ2) is 7.84. The third-order valence-corrected chi connectivity index (χ3v) is 6.04. The minimum atomic E-state index is -0.0691. The number of thiazole rings is 1. The topological polar surface area (TPSA) is 65.5 Å². The number of rotatable bonds is 5. The van der Waals surface area contributed by atoms with Gasteiger partial charge in [0.15, 0.2) is 0 Å². The number of hydrogen-bond acceptors (Lipinski definition) is 5. The van der Waals surface area contributed by atoms with Crippen LogP contribution >= 0.6 is 22.9 Å². The number of phenols is 1. The summed E-state index contributed by atoms with van der Waals surface area (Å²) in [6.45, 7) is 3.81. The van der Waals surface area contributed by atoms with E-state index in [2.05, 4.69) is 15.2 Å². The molecule has 1 amide bonds. The van der Waals surface area contributed by atoms with Gasteiger partial charge in [-0.3, -0.25) is 4.79 Å². The summed E-state index contributed by atoms with van der Waals surface area (Å²) in [6, 6.07) is 10.5. The lowest BCUT2D eigenvalue weighted by molar-refractivity contribution is 0.0950. The van der Waals surface area contributed by atoms with Crippen LogP contribution in [0.3, 0.4) is 0 Å². The second-order valence-corrected chi connectivity index (χ2v) is 8.13. The number of carbonyl (C=O) groups is 1. The zero-order valence-electron chi connectivity index (χ0n) is 14.7. The molecule has 7 heteroatoms. The molecule has 1 aromatic heterocycles. The molecule has 2 N–H and O–H groups in total. The maximum Gasteiger partial charge on any atom is 0.251 e. The van der Waals surface area contributed by atoms with E-state index < -0.39 is 0 Å². The monoisotopic (exact) mass is 401 g/mol. The molecule has 0 spiro atoms. The Hall–Kier alpha value is -2.15. The molecule has 4 rings (SSSR count). The van der Waals surface area contributed by atoms with Gasteiger partial charge in [0.2, 0.25) is 0 Å². The number of benzene rings is 2. The molecule has 27 heavy (non-hydrogen) atoms. The van der Waals surface area contributed by atoms with E-state index >= 15 is 0 Å². The molecule has 2 aromatic carbocycles. The van der Waals surface area contributed by atoms with Gasteiger partial charge in [-0.15, -0.1) is 11.3 Å². The number of phenolic OH excluding ortho intramolecular Hbond substituents is 1. The number of hydrogen-bond donors (Lipinski definition) is 2. The van der Waals surface area contributed by atoms with Gasteiger partial charge in [0, 0.05) is 23.7 Å². The SMILES string of the molecule is O=C(NCCN1CCCC1)c1ccc2nc(-c3ccc(Cl)cc3O)sc2c1. The van der Waals surface area contributed by atoms with E-state index in [1.165, 1.54) is 30.2 Å². The average molecular weight is 402 g/mol. The fraction of sp³-hybridized carbons (Fsp3) is 0.300. The molecular weight excluding hydrogens is 382 g/mol. The van der Waals surface area contributed by atoms with Gasteiger partial charge in [-0.1, -0.05) is 11.6 Å². The molecule has 0 radical (unpaired) electrons. The van der Waals surface area contributed by atoms with Crippen LogP contribution in [0.1, 0.15) is 23.2 Å². The second-order valence-electron chi connectivity index (χ2n) is 6.67. The molecule has 0 bridgehead atoms. The van der Waals surface area contributed by atoms with Gasteiger partial charge >= 0.3 is 0 Å². The Morgan fingerprint density at radius 3 is 2.81 bits per heavy atom. The van der Waals surface area contributed by atoms with Crippen molar-refractivity contribution in [3.63, 3.8) is 0 Å². The van der Waals surface area contributed by atoms with Crippen LogP contribution in [0.2, 0.25) is 5.02 Å². The number of aromatic hydroxyl groups is 1. The number of halogens is 1. The van der Waals surface area contributed by atoms with E-state index in [-0.39, 0.29) is 11.7 Å². The third kappa shape index (κ3) is 4.08. The summed E-state index contributed by atoms with van der Waals surface area (Å²) in [5, 5.41) is 14.3. The van der Waals surface area contributed by atoms with Crippen molar-refractivity contribution in [2.45, 2.75) is 12.8 Å². The van der Waals surface area contributed by atoms with E-state index in [0.717, 1.165) is 29.9 Å². The highest BCUT2D eigenvalue weighted by Gasteiger charge is 2.14. The summed E-state index contributed by atoms with van der Waals surface area (Å²) >= 11 is 7.34. The summed E-state index contributed by atoms with van der Waals surface area (Å²) in [4.78, 5) is 19.4. The zero-order chi connectivity index (χ0) is 18.8. The maximum absolute atomic E-state index is 12.4. The molecule has 5 nitrogen and oxygen atoms in total. The molecule has 0 atom stereocenters. The summed E-state index contributed by atoms with van der Waals surface area (Å²) < 4.78 is 0.909. The Kier molecular flexibility index (Phi) is 5.29. The number of nitrogens with one attached hydrogen (secondary N) is 1. The van der Waals surface area contributed by atoms with Crippen molar-refractivity contribution in [3.05, 3.63) is 47.0 Å². The molecule has 0 aliphatic carbocycles. The smallest absolute Gasteiger partial charge is 0.251 e. The van der Waals surface area contributed by atoms with Crippen molar-refractivity contribution in [1.29, 1.82) is 0 Å². The van der Waals surface area contributed by atoms with Gasteiger partial charge in [-0.2, -0.15) is 0 Å². The van der Waals surface area contributed by atoms with Gasteiger partial charge in [0.1, 0.15) is 10.8 Å². The van der Waals surface area contributed by atoms with Gasteiger partial charge in [-0.25, -0.2) is 4.98 Å². The van der Waals surface area contributed by atoms with Crippen LogP contribution in [0.5, 0.6) is 5.75 Å². The van der Waals surface area contributed by atoms with Crippen molar-refractivity contribution in [2.24, 2.45) is 0 Å². The first-order valence-electron chi connectivity index (χ1n) is 9.00. The normalized spacial score (nSPS) is 14.7. The van der Waals surface area contributed by atoms with Crippen molar-refractivity contribution in [3.8, 4) is 16.3 Å². The molecule has 0 unspecified atom stereocenters. The van der Waals surface area contributed by atoms with Crippen LogP contribution in [0.25, 0.3) is 20.8 Å². The molecule has 0 saturated carbocycles. The van der Waals surface area contributed by atoms with Crippen LogP contribution in [-0.4, -0.2) is 47.1 Å². The van der Waals surface area contributed by atoms with Gasteiger partial charge in [0.25, 0.3) is 5.91 Å². The van der Waals surface area contributed by atoms with Crippen molar-refractivity contribution < 1.29 is 9.90 Å². The van der Waals surface area contributed by atoms with Gasteiger partial charge < -0.3 is 15.3 Å². The largest absolute Gasteiger partial charge is 0.507 e. The molecular formula is C20H20ClN3O2S. The van der Waals surface area contributed by atoms with E-state index in [1.807, 2.05) is 12.1 Å². The summed E-state index contributed by atoms with van der Waals surface area (Å²) in [5.74, 6) is 0.0295. The number of aromatic nitrogens is 1. The first-order chi connectivity index (χ1) is 13.1. The van der Waals surface area contributed by atoms with E-state index in [9.17, 15) is 9.90 Å². The van der Waals surface area contributed by atoms with Crippen molar-refractivity contribution in [2.75, 3.05) is 26.2 Å². The van der Waals surface area contributed by atoms with Crippen LogP contribution in [0.15, 0.2) is 36.4 Å². The van der Waals surface area contributed by atoms with Crippen LogP contribution in [0.4, 0.5) is 0 Å². The van der Waals surface area contributed by atoms with Crippen molar-refractivity contribution in [1.82, 2.24) is 15.2 Å². The predicted molar refractivity (Wildman–Crippen MR) is 110 cm³/mol. The Bertz CT molecular complexity index is 983. The fourth-order valence-corrected chi connectivity index (χ4v) is 4.51. The Balaban J connectivity index is 1.49. The zero-order valence-corrected chi connectivity index (χ0v) is 16.3. The molecule has 3 aromatic rings. The quantitative estimate of drug-likeness (QED) is 0.674. The lowest BCUT2D eigenvalue weighted by atomic mass is 10.2. The van der Waals surface area contributed by atoms with Crippen LogP contribution in [0, 0.1) is 0 Å². The number of amides is 1. The molecule has 140 valence electrons. The number of carbonyl (C=O) groups excluding carboxylic acids is 1. The predicted octanol–water partition coefficient (Wildman–Crippen LogP) is 4.15. The van der Waals surface area contributed by atoms with Gasteiger partial charge in [0.05, 0.1) is 15.8 Å². The fourth-order valence-electron chi connectivity index (χ4n) is 3.30. The number of nitrogens with zero attached hydrogens (tertiary/aromatic N) is 2. The first-order valence-corrected chi connectivity index (χ1v) is 10.2. The van der Waals surface area contributed by atoms with Crippen molar-refractivity contribution >= 4 is 39.1 Å². The lowest BCUT2D eigenvalue weighted by Crippen LogP contribution is -2.33. The lowest BCUT2D eigenvalue weighted by Gasteiger charge is -2.14. The summed E-state index contributed by atoms with van der Waals surface area (Å²) in [6.07, 6.45) is 2.50. The number of likely N-dealkylation sites (tertiary alicyclic amines) is 1. The average Bonchev–Trinajstić information content (AvgIpc) is 3.30. The molecule has 1 aliphatic rings. The molecule has 1 fully saturated rings. The van der Waals surface area contributed by atoms with E-state index in [0.29, 0.717) is 27.7 Å². The Morgan fingerprint density at radius 1 is 1.22 bits per heavy atom. The Morgan fingerprint density at radius 2 is 2.04 bits per heavy atom. The molecule has 1 aliphatic heterocycles. The van der Waals surface area contributed by atoms with Crippen LogP contribution < -0.4 is 5.32 Å².